The van der Waals surface area contributed by atoms with Crippen molar-refractivity contribution in [2.45, 2.75) is 0 Å². The summed E-state index contributed by atoms with van der Waals surface area (Å²) in [7, 11) is 3.51. The molecule has 1 aliphatic heterocycles. The summed E-state index contributed by atoms with van der Waals surface area (Å²) in [6, 6.07) is 15.4. The number of ether oxygens (including phenoxy) is 1. The average Bonchev–Trinajstić information content (AvgIpc) is 2.97. The van der Waals surface area contributed by atoms with Gasteiger partial charge >= 0.3 is 0 Å². The van der Waals surface area contributed by atoms with Crippen molar-refractivity contribution >= 4 is 17.3 Å². The third-order valence-electron chi connectivity index (χ3n) is 6.65. The van der Waals surface area contributed by atoms with Gasteiger partial charge in [-0.1, -0.05) is 12.1 Å². The second-order valence-corrected chi connectivity index (χ2v) is 9.09. The number of amides is 1. The Morgan fingerprint density at radius 1 is 1.10 bits per heavy atom. The van der Waals surface area contributed by atoms with Crippen molar-refractivity contribution < 1.29 is 13.9 Å². The Labute approximate surface area is 225 Å². The van der Waals surface area contributed by atoms with Gasteiger partial charge in [-0.3, -0.25) is 9.78 Å². The van der Waals surface area contributed by atoms with Crippen LogP contribution in [0.25, 0.3) is 22.5 Å². The zero-order chi connectivity index (χ0) is 27.4. The molecule has 0 aliphatic carbocycles. The fourth-order valence-corrected chi connectivity index (χ4v) is 4.52. The van der Waals surface area contributed by atoms with Gasteiger partial charge in [0.25, 0.3) is 5.91 Å². The number of carbonyl (C=O) groups excluding carboxylic acids is 1. The first kappa shape index (κ1) is 25.8. The molecule has 0 unspecified atom stereocenters. The van der Waals surface area contributed by atoms with Crippen molar-refractivity contribution in [2.24, 2.45) is 0 Å². The van der Waals surface area contributed by atoms with Gasteiger partial charge in [0.05, 0.1) is 35.7 Å². The fourth-order valence-electron chi connectivity index (χ4n) is 4.52. The maximum absolute atomic E-state index is 14.6. The largest absolute Gasteiger partial charge is 0.496 e. The van der Waals surface area contributed by atoms with Crippen molar-refractivity contribution in [3.63, 3.8) is 0 Å². The van der Waals surface area contributed by atoms with E-state index in [9.17, 15) is 14.4 Å². The van der Waals surface area contributed by atoms with Crippen LogP contribution in [0.3, 0.4) is 0 Å². The number of hydrogen-bond donors (Lipinski definition) is 1. The molecule has 2 aromatic heterocycles. The van der Waals surface area contributed by atoms with Crippen LogP contribution in [-0.4, -0.2) is 66.1 Å². The van der Waals surface area contributed by atoms with Crippen LogP contribution in [0.15, 0.2) is 67.1 Å². The smallest absolute Gasteiger partial charge is 0.274 e. The number of nitrogens with zero attached hydrogens (tertiary/aromatic N) is 6. The van der Waals surface area contributed by atoms with Gasteiger partial charge < -0.3 is 19.9 Å². The SMILES string of the molecule is COc1cccc(F)c1-c1nccc(C(=O)Nc2ccc(-c3cnccc3C#N)cc2N2CCN(C)CC2)n1. The van der Waals surface area contributed by atoms with E-state index in [4.69, 9.17) is 4.74 Å². The van der Waals surface area contributed by atoms with Gasteiger partial charge in [-0.05, 0) is 49.0 Å². The molecular weight excluding hydrogens is 497 g/mol. The number of aromatic nitrogens is 3. The van der Waals surface area contributed by atoms with Crippen LogP contribution >= 0.6 is 0 Å². The predicted octanol–water partition coefficient (Wildman–Crippen LogP) is 4.23. The molecule has 39 heavy (non-hydrogen) atoms. The topological polar surface area (TPSA) is 107 Å². The van der Waals surface area contributed by atoms with E-state index in [0.29, 0.717) is 16.8 Å². The Morgan fingerprint density at radius 2 is 1.92 bits per heavy atom. The number of hydrogen-bond acceptors (Lipinski definition) is 8. The third kappa shape index (κ3) is 5.39. The lowest BCUT2D eigenvalue weighted by atomic mass is 10.0. The number of benzene rings is 2. The summed E-state index contributed by atoms with van der Waals surface area (Å²) in [5, 5.41) is 12.6. The molecule has 196 valence electrons. The quantitative estimate of drug-likeness (QED) is 0.400. The first-order valence-electron chi connectivity index (χ1n) is 12.4. The molecule has 0 radical (unpaired) electrons. The summed E-state index contributed by atoms with van der Waals surface area (Å²) < 4.78 is 19.9. The summed E-state index contributed by atoms with van der Waals surface area (Å²) in [5.74, 6) is -0.691. The lowest BCUT2D eigenvalue weighted by molar-refractivity contribution is 0.102. The second-order valence-electron chi connectivity index (χ2n) is 9.09. The summed E-state index contributed by atoms with van der Waals surface area (Å²) in [4.78, 5) is 30.5. The second kappa shape index (κ2) is 11.2. The lowest BCUT2D eigenvalue weighted by Gasteiger charge is -2.35. The minimum atomic E-state index is -0.549. The highest BCUT2D eigenvalue weighted by atomic mass is 19.1. The monoisotopic (exact) mass is 523 g/mol. The van der Waals surface area contributed by atoms with Crippen molar-refractivity contribution in [2.75, 3.05) is 50.6 Å². The van der Waals surface area contributed by atoms with Gasteiger partial charge in [0.2, 0.25) is 0 Å². The third-order valence-corrected chi connectivity index (χ3v) is 6.65. The van der Waals surface area contributed by atoms with E-state index in [0.717, 1.165) is 37.4 Å². The summed E-state index contributed by atoms with van der Waals surface area (Å²) >= 11 is 0. The molecule has 4 aromatic rings. The molecule has 0 atom stereocenters. The highest BCUT2D eigenvalue weighted by molar-refractivity contribution is 6.05. The molecule has 0 saturated carbocycles. The number of rotatable bonds is 6. The van der Waals surface area contributed by atoms with E-state index >= 15 is 0 Å². The normalized spacial score (nSPS) is 13.5. The Kier molecular flexibility index (Phi) is 7.43. The van der Waals surface area contributed by atoms with Gasteiger partial charge in [0.15, 0.2) is 5.82 Å². The minimum absolute atomic E-state index is 0.0489. The number of carbonyl (C=O) groups is 1. The van der Waals surface area contributed by atoms with Crippen LogP contribution in [0, 0.1) is 17.1 Å². The van der Waals surface area contributed by atoms with Gasteiger partial charge in [-0.2, -0.15) is 5.26 Å². The Morgan fingerprint density at radius 3 is 2.69 bits per heavy atom. The maximum atomic E-state index is 14.6. The number of methoxy groups -OCH3 is 1. The number of anilines is 2. The molecule has 3 heterocycles. The van der Waals surface area contributed by atoms with Crippen LogP contribution in [0.2, 0.25) is 0 Å². The summed E-state index contributed by atoms with van der Waals surface area (Å²) in [6.07, 6.45) is 4.67. The van der Waals surface area contributed by atoms with E-state index in [2.05, 4.69) is 43.2 Å². The number of pyridine rings is 1. The molecular formula is C29H26FN7O2. The highest BCUT2D eigenvalue weighted by Crippen LogP contribution is 2.34. The summed E-state index contributed by atoms with van der Waals surface area (Å²) in [5.41, 5.74) is 3.64. The molecule has 0 bridgehead atoms. The van der Waals surface area contributed by atoms with Crippen molar-refractivity contribution in [1.29, 1.82) is 5.26 Å². The standard InChI is InChI=1S/C29H26FN7O2/c1-36-12-14-37(15-13-36)25-16-19(21-18-32-10-8-20(21)17-31)6-7-23(25)35-29(38)24-9-11-33-28(34-24)27-22(30)4-3-5-26(27)39-2/h3-11,16,18H,12-15H2,1-2H3,(H,35,38). The van der Waals surface area contributed by atoms with E-state index in [1.54, 1.807) is 24.5 Å². The first-order chi connectivity index (χ1) is 19.0. The van der Waals surface area contributed by atoms with E-state index in [-0.39, 0.29) is 22.8 Å². The molecule has 1 saturated heterocycles. The van der Waals surface area contributed by atoms with Gasteiger partial charge in [0.1, 0.15) is 17.3 Å². The van der Waals surface area contributed by atoms with Crippen LogP contribution in [0.5, 0.6) is 5.75 Å². The molecule has 1 fully saturated rings. The Bertz CT molecular complexity index is 1560. The Hall–Kier alpha value is -4.88. The molecule has 10 heteroatoms. The summed E-state index contributed by atoms with van der Waals surface area (Å²) in [6.45, 7) is 3.28. The number of likely N-dealkylation sites (N-methyl/N-ethyl adjacent to an activating group) is 1. The molecule has 1 aliphatic rings. The number of nitrogens with one attached hydrogen (secondary N) is 1. The predicted molar refractivity (Wildman–Crippen MR) is 146 cm³/mol. The molecule has 0 spiro atoms. The number of nitriles is 1. The van der Waals surface area contributed by atoms with Crippen molar-refractivity contribution in [1.82, 2.24) is 19.9 Å². The molecule has 2 aromatic carbocycles. The molecule has 1 amide bonds. The molecule has 5 rings (SSSR count). The van der Waals surface area contributed by atoms with E-state index < -0.39 is 11.7 Å². The van der Waals surface area contributed by atoms with Gasteiger partial charge in [0, 0.05) is 50.3 Å². The zero-order valence-corrected chi connectivity index (χ0v) is 21.6. The van der Waals surface area contributed by atoms with E-state index in [1.165, 1.54) is 31.5 Å². The molecule has 1 N–H and O–H groups in total. The highest BCUT2D eigenvalue weighted by Gasteiger charge is 2.21. The van der Waals surface area contributed by atoms with Crippen LogP contribution < -0.4 is 15.0 Å². The first-order valence-corrected chi connectivity index (χ1v) is 12.4. The van der Waals surface area contributed by atoms with Crippen molar-refractivity contribution in [3.8, 4) is 34.3 Å². The average molecular weight is 524 g/mol. The minimum Gasteiger partial charge on any atom is -0.496 e. The van der Waals surface area contributed by atoms with Gasteiger partial charge in [-0.15, -0.1) is 0 Å². The number of halogens is 1. The molecule has 9 nitrogen and oxygen atoms in total. The van der Waals surface area contributed by atoms with Crippen molar-refractivity contribution in [3.05, 3.63) is 84.2 Å². The van der Waals surface area contributed by atoms with Crippen LogP contribution in [0.1, 0.15) is 16.1 Å². The maximum Gasteiger partial charge on any atom is 0.274 e. The van der Waals surface area contributed by atoms with E-state index in [1.807, 2.05) is 18.2 Å². The number of piperazine rings is 1. The van der Waals surface area contributed by atoms with Crippen LogP contribution in [-0.2, 0) is 0 Å². The zero-order valence-electron chi connectivity index (χ0n) is 21.6. The Balaban J connectivity index is 1.50. The van der Waals surface area contributed by atoms with Gasteiger partial charge in [-0.25, -0.2) is 14.4 Å². The lowest BCUT2D eigenvalue weighted by Crippen LogP contribution is -2.44. The van der Waals surface area contributed by atoms with Crippen LogP contribution in [0.4, 0.5) is 15.8 Å². The fraction of sp³-hybridized carbons (Fsp3) is 0.207.